The number of nitrogens with zero attached hydrogens (tertiary/aromatic N) is 1. The molecule has 0 bridgehead atoms. The highest BCUT2D eigenvalue weighted by Crippen LogP contribution is 2.34. The molecule has 3 aromatic carbocycles. The Morgan fingerprint density at radius 2 is 1.78 bits per heavy atom. The maximum absolute atomic E-state index is 15.0. The van der Waals surface area contributed by atoms with E-state index in [1.165, 1.54) is 17.0 Å². The van der Waals surface area contributed by atoms with Gasteiger partial charge in [0.05, 0.1) is 12.1 Å². The van der Waals surface area contributed by atoms with Gasteiger partial charge in [0.2, 0.25) is 0 Å². The molecule has 0 atom stereocenters. The molecule has 0 saturated heterocycles. The van der Waals surface area contributed by atoms with E-state index in [-0.39, 0.29) is 37.2 Å². The predicted octanol–water partition coefficient (Wildman–Crippen LogP) is 5.51. The third-order valence-electron chi connectivity index (χ3n) is 6.04. The van der Waals surface area contributed by atoms with Crippen LogP contribution in [-0.4, -0.2) is 38.6 Å². The number of carbonyl (C=O) groups is 1. The number of sulfone groups is 1. The average Bonchev–Trinajstić information content (AvgIpc) is 3.04. The van der Waals surface area contributed by atoms with Gasteiger partial charge in [-0.15, -0.1) is 0 Å². The second-order valence-corrected chi connectivity index (χ2v) is 10.5. The van der Waals surface area contributed by atoms with Gasteiger partial charge in [-0.05, 0) is 53.9 Å². The number of hydrogen-bond acceptors (Lipinski definition) is 4. The molecule has 10 heteroatoms. The number of halogens is 4. The molecule has 5 nitrogen and oxygen atoms in total. The van der Waals surface area contributed by atoms with Gasteiger partial charge < -0.3 is 9.64 Å². The zero-order chi connectivity index (χ0) is 26.3. The molecule has 4 rings (SSSR count). The van der Waals surface area contributed by atoms with E-state index in [4.69, 9.17) is 4.74 Å². The molecule has 3 aromatic rings. The molecule has 0 radical (unpaired) electrons. The smallest absolute Gasteiger partial charge is 0.416 e. The summed E-state index contributed by atoms with van der Waals surface area (Å²) in [5.74, 6) is -0.939. The maximum atomic E-state index is 15.0. The molecule has 1 aliphatic heterocycles. The number of carbonyl (C=O) groups excluding carboxylic acids is 1. The van der Waals surface area contributed by atoms with Crippen molar-refractivity contribution in [1.29, 1.82) is 0 Å². The molecule has 1 heterocycles. The van der Waals surface area contributed by atoms with Gasteiger partial charge in [0.1, 0.15) is 23.1 Å². The third kappa shape index (κ3) is 5.09. The zero-order valence-electron chi connectivity index (χ0n) is 19.5. The average molecular weight is 522 g/mol. The lowest BCUT2D eigenvalue weighted by Crippen LogP contribution is -2.33. The summed E-state index contributed by atoms with van der Waals surface area (Å²) in [6, 6.07) is 12.3. The first-order valence-electron chi connectivity index (χ1n) is 11.1. The Morgan fingerprint density at radius 3 is 2.44 bits per heavy atom. The van der Waals surface area contributed by atoms with E-state index in [9.17, 15) is 30.8 Å². The summed E-state index contributed by atoms with van der Waals surface area (Å²) in [5.41, 5.74) is 0.764. The lowest BCUT2D eigenvalue weighted by molar-refractivity contribution is -0.137. The number of ether oxygens (including phenoxy) is 1. The molecule has 0 saturated carbocycles. The minimum absolute atomic E-state index is 0.00558. The first-order valence-corrected chi connectivity index (χ1v) is 13.0. The van der Waals surface area contributed by atoms with Crippen molar-refractivity contribution in [2.75, 3.05) is 19.4 Å². The van der Waals surface area contributed by atoms with Crippen LogP contribution in [0.25, 0.3) is 11.1 Å². The van der Waals surface area contributed by atoms with Gasteiger partial charge in [-0.25, -0.2) is 12.8 Å². The molecule has 0 spiro atoms. The molecule has 0 fully saturated rings. The van der Waals surface area contributed by atoms with Crippen LogP contribution in [0.15, 0.2) is 59.5 Å². The number of hydrogen-bond donors (Lipinski definition) is 0. The van der Waals surface area contributed by atoms with Crippen LogP contribution >= 0.6 is 0 Å². The monoisotopic (exact) mass is 521 g/mol. The van der Waals surface area contributed by atoms with Crippen molar-refractivity contribution >= 4 is 15.7 Å². The Kier molecular flexibility index (Phi) is 6.83. The van der Waals surface area contributed by atoms with Crippen molar-refractivity contribution in [3.63, 3.8) is 0 Å². The van der Waals surface area contributed by atoms with E-state index in [1.54, 1.807) is 31.2 Å². The Labute approximate surface area is 206 Å². The van der Waals surface area contributed by atoms with Gasteiger partial charge >= 0.3 is 6.18 Å². The molecule has 0 N–H and O–H groups in total. The summed E-state index contributed by atoms with van der Waals surface area (Å²) in [4.78, 5) is 14.4. The SMILES string of the molecule is CCc1c(C(=O)N2CCOc3ccc(-c4cccc(C(F)(F)F)c4)cc3C2)ccc(S(C)(=O)=O)c1F. The van der Waals surface area contributed by atoms with Crippen LogP contribution in [-0.2, 0) is 29.0 Å². The minimum atomic E-state index is -4.48. The van der Waals surface area contributed by atoms with Crippen LogP contribution in [0.2, 0.25) is 0 Å². The molecular weight excluding hydrogens is 498 g/mol. The fraction of sp³-hybridized carbons (Fsp3) is 0.269. The highest BCUT2D eigenvalue weighted by molar-refractivity contribution is 7.90. The normalized spacial score (nSPS) is 14.1. The van der Waals surface area contributed by atoms with Crippen LogP contribution < -0.4 is 4.74 Å². The van der Waals surface area contributed by atoms with Crippen molar-refractivity contribution < 1.29 is 35.5 Å². The molecule has 1 aliphatic rings. The van der Waals surface area contributed by atoms with Crippen LogP contribution in [0.4, 0.5) is 17.6 Å². The number of alkyl halides is 3. The third-order valence-corrected chi connectivity index (χ3v) is 7.16. The second kappa shape index (κ2) is 9.57. The zero-order valence-corrected chi connectivity index (χ0v) is 20.3. The molecule has 36 heavy (non-hydrogen) atoms. The lowest BCUT2D eigenvalue weighted by Gasteiger charge is -2.22. The van der Waals surface area contributed by atoms with Crippen molar-refractivity contribution in [3.8, 4) is 16.9 Å². The fourth-order valence-electron chi connectivity index (χ4n) is 4.22. The first kappa shape index (κ1) is 25.7. The summed E-state index contributed by atoms with van der Waals surface area (Å²) >= 11 is 0. The van der Waals surface area contributed by atoms with Gasteiger partial charge in [-0.3, -0.25) is 4.79 Å². The fourth-order valence-corrected chi connectivity index (χ4v) is 4.99. The maximum Gasteiger partial charge on any atom is 0.416 e. The second-order valence-electron chi connectivity index (χ2n) is 8.51. The largest absolute Gasteiger partial charge is 0.491 e. The van der Waals surface area contributed by atoms with E-state index in [0.29, 0.717) is 22.4 Å². The summed E-state index contributed by atoms with van der Waals surface area (Å²) < 4.78 is 84.0. The van der Waals surface area contributed by atoms with Crippen LogP contribution in [0.3, 0.4) is 0 Å². The van der Waals surface area contributed by atoms with Gasteiger partial charge in [-0.2, -0.15) is 13.2 Å². The number of benzene rings is 3. The topological polar surface area (TPSA) is 63.7 Å². The molecular formula is C26H23F4NO4S. The van der Waals surface area contributed by atoms with Crippen LogP contribution in [0, 0.1) is 5.82 Å². The van der Waals surface area contributed by atoms with Crippen molar-refractivity contribution in [2.24, 2.45) is 0 Å². The Hall–Kier alpha value is -3.40. The lowest BCUT2D eigenvalue weighted by atomic mass is 9.99. The molecule has 1 amide bonds. The molecule has 0 aromatic heterocycles. The predicted molar refractivity (Wildman–Crippen MR) is 126 cm³/mol. The highest BCUT2D eigenvalue weighted by atomic mass is 32.2. The van der Waals surface area contributed by atoms with E-state index in [2.05, 4.69) is 0 Å². The standard InChI is InChI=1S/C26H23F4NO4S/c1-3-20-21(8-10-23(24(20)27)36(2,33)34)25(32)31-11-12-35-22-9-7-17(13-18(22)15-31)16-5-4-6-19(14-16)26(28,29)30/h4-10,13-14H,3,11-12,15H2,1-2H3. The van der Waals surface area contributed by atoms with Gasteiger partial charge in [0.15, 0.2) is 9.84 Å². The van der Waals surface area contributed by atoms with Gasteiger partial charge in [-0.1, -0.05) is 25.1 Å². The van der Waals surface area contributed by atoms with Crippen LogP contribution in [0.1, 0.15) is 34.0 Å². The van der Waals surface area contributed by atoms with E-state index >= 15 is 0 Å². The summed E-state index contributed by atoms with van der Waals surface area (Å²) in [6.45, 7) is 2.06. The van der Waals surface area contributed by atoms with Crippen molar-refractivity contribution in [2.45, 2.75) is 31.0 Å². The Morgan fingerprint density at radius 1 is 1.06 bits per heavy atom. The summed E-state index contributed by atoms with van der Waals surface area (Å²) in [5, 5.41) is 0. The number of amides is 1. The summed E-state index contributed by atoms with van der Waals surface area (Å²) in [7, 11) is -3.81. The van der Waals surface area contributed by atoms with Gasteiger partial charge in [0, 0.05) is 29.5 Å². The highest BCUT2D eigenvalue weighted by Gasteiger charge is 2.31. The quantitative estimate of drug-likeness (QED) is 0.425. The van der Waals surface area contributed by atoms with E-state index in [0.717, 1.165) is 24.5 Å². The Balaban J connectivity index is 1.68. The number of fused-ring (bicyclic) bond motifs is 1. The molecule has 0 unspecified atom stereocenters. The molecule has 0 aliphatic carbocycles. The van der Waals surface area contributed by atoms with E-state index < -0.39 is 38.2 Å². The molecule has 190 valence electrons. The Bertz CT molecular complexity index is 1430. The summed E-state index contributed by atoms with van der Waals surface area (Å²) in [6.07, 6.45) is -3.47. The first-order chi connectivity index (χ1) is 16.9. The van der Waals surface area contributed by atoms with Gasteiger partial charge in [0.25, 0.3) is 5.91 Å². The van der Waals surface area contributed by atoms with E-state index in [1.807, 2.05) is 0 Å². The number of rotatable bonds is 4. The minimum Gasteiger partial charge on any atom is -0.491 e. The van der Waals surface area contributed by atoms with Crippen molar-refractivity contribution in [3.05, 3.63) is 82.7 Å². The van der Waals surface area contributed by atoms with Crippen molar-refractivity contribution in [1.82, 2.24) is 4.90 Å². The van der Waals surface area contributed by atoms with Crippen LogP contribution in [0.5, 0.6) is 5.75 Å².